The number of hydrogen-bond donors (Lipinski definition) is 0. The first kappa shape index (κ1) is 9.90. The fourth-order valence-corrected chi connectivity index (χ4v) is 1.57. The van der Waals surface area contributed by atoms with Crippen molar-refractivity contribution >= 4 is 17.2 Å². The van der Waals surface area contributed by atoms with E-state index in [0.29, 0.717) is 5.56 Å². The fourth-order valence-electron chi connectivity index (χ4n) is 1.57. The van der Waals surface area contributed by atoms with Gasteiger partial charge in [0.2, 0.25) is 0 Å². The molecule has 0 amide bonds. The number of nitrogens with zero attached hydrogens (tertiary/aromatic N) is 1. The standard InChI is InChI=1S/C12H13NO2/c1-12(2,3)11-9-6-8(7-14)4-5-10(9)13-15-11/h4-7H,1-3H3. The molecule has 1 heterocycles. The van der Waals surface area contributed by atoms with Gasteiger partial charge in [-0.05, 0) is 18.2 Å². The molecule has 78 valence electrons. The highest BCUT2D eigenvalue weighted by Gasteiger charge is 2.22. The maximum Gasteiger partial charge on any atom is 0.150 e. The smallest absolute Gasteiger partial charge is 0.150 e. The van der Waals surface area contributed by atoms with Crippen LogP contribution in [-0.4, -0.2) is 11.4 Å². The van der Waals surface area contributed by atoms with Crippen LogP contribution >= 0.6 is 0 Å². The van der Waals surface area contributed by atoms with E-state index in [4.69, 9.17) is 4.52 Å². The van der Waals surface area contributed by atoms with E-state index < -0.39 is 0 Å². The molecule has 0 N–H and O–H groups in total. The minimum Gasteiger partial charge on any atom is -0.360 e. The van der Waals surface area contributed by atoms with Crippen LogP contribution in [0.15, 0.2) is 22.7 Å². The van der Waals surface area contributed by atoms with Crippen molar-refractivity contribution in [2.24, 2.45) is 0 Å². The van der Waals surface area contributed by atoms with Gasteiger partial charge in [0.25, 0.3) is 0 Å². The highest BCUT2D eigenvalue weighted by molar-refractivity contribution is 5.88. The lowest BCUT2D eigenvalue weighted by Gasteiger charge is -2.13. The van der Waals surface area contributed by atoms with Crippen molar-refractivity contribution in [3.8, 4) is 0 Å². The Labute approximate surface area is 88.1 Å². The zero-order valence-electron chi connectivity index (χ0n) is 9.07. The van der Waals surface area contributed by atoms with E-state index in [-0.39, 0.29) is 5.41 Å². The number of benzene rings is 1. The maximum atomic E-state index is 10.7. The van der Waals surface area contributed by atoms with E-state index in [1.807, 2.05) is 6.07 Å². The number of carbonyl (C=O) groups is 1. The summed E-state index contributed by atoms with van der Waals surface area (Å²) >= 11 is 0. The second kappa shape index (κ2) is 3.19. The van der Waals surface area contributed by atoms with E-state index in [0.717, 1.165) is 22.9 Å². The third kappa shape index (κ3) is 1.65. The molecule has 0 bridgehead atoms. The van der Waals surface area contributed by atoms with Crippen molar-refractivity contribution in [2.75, 3.05) is 0 Å². The summed E-state index contributed by atoms with van der Waals surface area (Å²) in [6, 6.07) is 5.36. The summed E-state index contributed by atoms with van der Waals surface area (Å²) in [7, 11) is 0. The van der Waals surface area contributed by atoms with Gasteiger partial charge in [-0.2, -0.15) is 0 Å². The number of rotatable bonds is 1. The van der Waals surface area contributed by atoms with Gasteiger partial charge in [-0.15, -0.1) is 0 Å². The average molecular weight is 203 g/mol. The first-order valence-corrected chi connectivity index (χ1v) is 4.87. The molecule has 3 nitrogen and oxygen atoms in total. The second-order valence-corrected chi connectivity index (χ2v) is 4.66. The quantitative estimate of drug-likeness (QED) is 0.669. The molecule has 1 aromatic carbocycles. The van der Waals surface area contributed by atoms with Gasteiger partial charge in [0.15, 0.2) is 0 Å². The second-order valence-electron chi connectivity index (χ2n) is 4.66. The van der Waals surface area contributed by atoms with Crippen LogP contribution in [0, 0.1) is 0 Å². The Morgan fingerprint density at radius 1 is 1.33 bits per heavy atom. The molecule has 1 aromatic heterocycles. The molecule has 0 aliphatic rings. The predicted octanol–water partition coefficient (Wildman–Crippen LogP) is 2.94. The Morgan fingerprint density at radius 2 is 2.07 bits per heavy atom. The Kier molecular flexibility index (Phi) is 2.11. The number of carbonyl (C=O) groups excluding carboxylic acids is 1. The Bertz CT molecular complexity index is 506. The summed E-state index contributed by atoms with van der Waals surface area (Å²) in [5.74, 6) is 0.821. The van der Waals surface area contributed by atoms with Gasteiger partial charge in [-0.1, -0.05) is 25.9 Å². The van der Waals surface area contributed by atoms with Crippen LogP contribution in [0.4, 0.5) is 0 Å². The zero-order valence-corrected chi connectivity index (χ0v) is 9.07. The molecule has 2 rings (SSSR count). The average Bonchev–Trinajstić information content (AvgIpc) is 2.59. The molecule has 0 aliphatic carbocycles. The summed E-state index contributed by atoms with van der Waals surface area (Å²) < 4.78 is 5.31. The Hall–Kier alpha value is -1.64. The van der Waals surface area contributed by atoms with E-state index in [1.54, 1.807) is 12.1 Å². The van der Waals surface area contributed by atoms with Crippen LogP contribution in [0.2, 0.25) is 0 Å². The van der Waals surface area contributed by atoms with E-state index in [9.17, 15) is 4.79 Å². The van der Waals surface area contributed by atoms with Crippen LogP contribution in [-0.2, 0) is 5.41 Å². The Morgan fingerprint density at radius 3 is 2.67 bits per heavy atom. The van der Waals surface area contributed by atoms with Crippen molar-refractivity contribution < 1.29 is 9.32 Å². The monoisotopic (exact) mass is 203 g/mol. The van der Waals surface area contributed by atoms with E-state index in [1.165, 1.54) is 0 Å². The van der Waals surface area contributed by atoms with E-state index >= 15 is 0 Å². The molecule has 0 saturated carbocycles. The molecule has 0 aliphatic heterocycles. The van der Waals surface area contributed by atoms with Crippen molar-refractivity contribution in [2.45, 2.75) is 26.2 Å². The summed E-state index contributed by atoms with van der Waals surface area (Å²) in [6.45, 7) is 6.17. The van der Waals surface area contributed by atoms with Gasteiger partial charge in [-0.3, -0.25) is 4.79 Å². The minimum absolute atomic E-state index is 0.101. The van der Waals surface area contributed by atoms with E-state index in [2.05, 4.69) is 25.9 Å². The van der Waals surface area contributed by atoms with Gasteiger partial charge >= 0.3 is 0 Å². The summed E-state index contributed by atoms with van der Waals surface area (Å²) in [4.78, 5) is 10.7. The van der Waals surface area contributed by atoms with Crippen molar-refractivity contribution in [1.82, 2.24) is 5.16 Å². The highest BCUT2D eigenvalue weighted by Crippen LogP contribution is 2.30. The highest BCUT2D eigenvalue weighted by atomic mass is 16.5. The Balaban J connectivity index is 2.72. The molecule has 0 unspecified atom stereocenters. The lowest BCUT2D eigenvalue weighted by atomic mass is 9.90. The fraction of sp³-hybridized carbons (Fsp3) is 0.333. The van der Waals surface area contributed by atoms with Gasteiger partial charge in [0.1, 0.15) is 17.6 Å². The number of aromatic nitrogens is 1. The van der Waals surface area contributed by atoms with Gasteiger partial charge < -0.3 is 4.52 Å². The zero-order chi connectivity index (χ0) is 11.1. The van der Waals surface area contributed by atoms with Gasteiger partial charge in [0.05, 0.1) is 0 Å². The SMILES string of the molecule is CC(C)(C)c1onc2ccc(C=O)cc12. The van der Waals surface area contributed by atoms with Crippen LogP contribution < -0.4 is 0 Å². The molecule has 0 atom stereocenters. The van der Waals surface area contributed by atoms with Gasteiger partial charge in [0, 0.05) is 16.4 Å². The summed E-state index contributed by atoms with van der Waals surface area (Å²) in [5, 5.41) is 4.89. The molecule has 0 spiro atoms. The molecule has 2 aromatic rings. The third-order valence-electron chi connectivity index (χ3n) is 2.32. The van der Waals surface area contributed by atoms with Crippen LogP contribution in [0.25, 0.3) is 10.9 Å². The lowest BCUT2D eigenvalue weighted by Crippen LogP contribution is -2.09. The van der Waals surface area contributed by atoms with Gasteiger partial charge in [-0.25, -0.2) is 0 Å². The normalized spacial score (nSPS) is 11.9. The van der Waals surface area contributed by atoms with Crippen LogP contribution in [0.1, 0.15) is 36.9 Å². The molecule has 3 heteroatoms. The first-order chi connectivity index (χ1) is 7.02. The van der Waals surface area contributed by atoms with Crippen molar-refractivity contribution in [3.63, 3.8) is 0 Å². The maximum absolute atomic E-state index is 10.7. The van der Waals surface area contributed by atoms with Crippen molar-refractivity contribution in [3.05, 3.63) is 29.5 Å². The molecule has 0 fully saturated rings. The molecular weight excluding hydrogens is 190 g/mol. The molecule has 0 saturated heterocycles. The first-order valence-electron chi connectivity index (χ1n) is 4.87. The number of hydrogen-bond acceptors (Lipinski definition) is 3. The molecule has 15 heavy (non-hydrogen) atoms. The minimum atomic E-state index is -0.101. The predicted molar refractivity (Wildman–Crippen MR) is 58.1 cm³/mol. The van der Waals surface area contributed by atoms with Crippen LogP contribution in [0.3, 0.4) is 0 Å². The molecular formula is C12H13NO2. The summed E-state index contributed by atoms with van der Waals surface area (Å²) in [5.41, 5.74) is 1.35. The summed E-state index contributed by atoms with van der Waals surface area (Å²) in [6.07, 6.45) is 0.832. The third-order valence-corrected chi connectivity index (χ3v) is 2.32. The largest absolute Gasteiger partial charge is 0.360 e. The lowest BCUT2D eigenvalue weighted by molar-refractivity contribution is 0.112. The number of fused-ring (bicyclic) bond motifs is 1. The number of aldehydes is 1. The van der Waals surface area contributed by atoms with Crippen LogP contribution in [0.5, 0.6) is 0 Å². The topological polar surface area (TPSA) is 43.1 Å². The van der Waals surface area contributed by atoms with Crippen molar-refractivity contribution in [1.29, 1.82) is 0 Å². The molecule has 0 radical (unpaired) electrons.